The fourth-order valence-electron chi connectivity index (χ4n) is 1.91. The number of likely N-dealkylation sites (N-methyl/N-ethyl adjacent to an activating group) is 1. The lowest BCUT2D eigenvalue weighted by atomic mass is 10.2. The number of aromatic nitrogens is 2. The van der Waals surface area contributed by atoms with Crippen LogP contribution in [-0.2, 0) is 11.3 Å². The van der Waals surface area contributed by atoms with Gasteiger partial charge in [-0.1, -0.05) is 23.2 Å². The average Bonchev–Trinajstić information content (AvgIpc) is 2.46. The van der Waals surface area contributed by atoms with E-state index in [9.17, 15) is 4.79 Å². The van der Waals surface area contributed by atoms with E-state index in [1.54, 1.807) is 24.5 Å². The molecule has 5 nitrogen and oxygen atoms in total. The van der Waals surface area contributed by atoms with Gasteiger partial charge in [0.25, 0.3) is 0 Å². The van der Waals surface area contributed by atoms with E-state index in [2.05, 4.69) is 15.3 Å². The molecule has 0 aliphatic rings. The van der Waals surface area contributed by atoms with Crippen molar-refractivity contribution in [3.63, 3.8) is 0 Å². The van der Waals surface area contributed by atoms with Gasteiger partial charge in [-0.2, -0.15) is 0 Å². The van der Waals surface area contributed by atoms with Crippen LogP contribution in [0.15, 0.2) is 36.7 Å². The normalized spacial score (nSPS) is 12.2. The van der Waals surface area contributed by atoms with E-state index >= 15 is 0 Å². The molecule has 0 bridgehead atoms. The number of anilines is 1. The quantitative estimate of drug-likeness (QED) is 0.909. The molecule has 0 saturated carbocycles. The Bertz CT molecular complexity index is 631. The molecule has 0 saturated heterocycles. The highest BCUT2D eigenvalue weighted by Crippen LogP contribution is 2.20. The summed E-state index contributed by atoms with van der Waals surface area (Å²) in [5.41, 5.74) is 0.940. The van der Waals surface area contributed by atoms with Crippen molar-refractivity contribution in [2.24, 2.45) is 0 Å². The minimum atomic E-state index is -0.360. The summed E-state index contributed by atoms with van der Waals surface area (Å²) < 4.78 is 0. The summed E-state index contributed by atoms with van der Waals surface area (Å²) in [5, 5.41) is 3.83. The Kier molecular flexibility index (Phi) is 5.71. The van der Waals surface area contributed by atoms with Crippen molar-refractivity contribution in [2.45, 2.75) is 19.5 Å². The third-order valence-electron chi connectivity index (χ3n) is 3.20. The smallest absolute Gasteiger partial charge is 0.243 e. The maximum Gasteiger partial charge on any atom is 0.243 e. The Morgan fingerprint density at radius 3 is 2.41 bits per heavy atom. The van der Waals surface area contributed by atoms with Gasteiger partial charge in [0.1, 0.15) is 0 Å². The molecular formula is C15H16Cl2N4O. The van der Waals surface area contributed by atoms with Crippen LogP contribution in [-0.4, -0.2) is 33.9 Å². The third-order valence-corrected chi connectivity index (χ3v) is 3.63. The molecule has 1 amide bonds. The van der Waals surface area contributed by atoms with Crippen molar-refractivity contribution >= 4 is 35.1 Å². The fraction of sp³-hybridized carbons (Fsp3) is 0.267. The predicted molar refractivity (Wildman–Crippen MR) is 88.1 cm³/mol. The molecule has 1 aromatic carbocycles. The number of benzene rings is 1. The van der Waals surface area contributed by atoms with Gasteiger partial charge in [-0.15, -0.1) is 0 Å². The largest absolute Gasteiger partial charge is 0.293 e. The zero-order valence-corrected chi connectivity index (χ0v) is 13.8. The monoisotopic (exact) mass is 338 g/mol. The summed E-state index contributed by atoms with van der Waals surface area (Å²) in [6, 6.07) is 6.66. The molecule has 0 fully saturated rings. The molecular weight excluding hydrogens is 323 g/mol. The lowest BCUT2D eigenvalue weighted by Crippen LogP contribution is -2.39. The van der Waals surface area contributed by atoms with Gasteiger partial charge in [0.2, 0.25) is 11.9 Å². The van der Waals surface area contributed by atoms with Crippen LogP contribution in [0.4, 0.5) is 5.95 Å². The minimum absolute atomic E-state index is 0.179. The Balaban J connectivity index is 1.99. The Labute approximate surface area is 139 Å². The highest BCUT2D eigenvalue weighted by molar-refractivity contribution is 6.34. The van der Waals surface area contributed by atoms with Crippen molar-refractivity contribution in [1.29, 1.82) is 0 Å². The first-order valence-corrected chi connectivity index (χ1v) is 7.44. The van der Waals surface area contributed by atoms with Gasteiger partial charge in [-0.25, -0.2) is 9.97 Å². The number of amides is 1. The molecule has 22 heavy (non-hydrogen) atoms. The van der Waals surface area contributed by atoms with E-state index in [1.807, 2.05) is 31.0 Å². The number of hydrogen-bond acceptors (Lipinski definition) is 4. The van der Waals surface area contributed by atoms with Crippen LogP contribution in [0.1, 0.15) is 12.5 Å². The van der Waals surface area contributed by atoms with E-state index in [0.717, 1.165) is 5.56 Å². The molecule has 116 valence electrons. The van der Waals surface area contributed by atoms with E-state index in [-0.39, 0.29) is 11.9 Å². The molecule has 1 aromatic heterocycles. The molecule has 7 heteroatoms. The lowest BCUT2D eigenvalue weighted by Gasteiger charge is -2.23. The zero-order valence-electron chi connectivity index (χ0n) is 12.3. The second-order valence-corrected chi connectivity index (χ2v) is 5.80. The van der Waals surface area contributed by atoms with Crippen molar-refractivity contribution in [3.05, 3.63) is 52.3 Å². The maximum absolute atomic E-state index is 12.2. The molecule has 0 aliphatic carbocycles. The Morgan fingerprint density at radius 1 is 1.23 bits per heavy atom. The molecule has 0 radical (unpaired) electrons. The average molecular weight is 339 g/mol. The highest BCUT2D eigenvalue weighted by Gasteiger charge is 2.19. The molecule has 2 aromatic rings. The van der Waals surface area contributed by atoms with E-state index < -0.39 is 0 Å². The predicted octanol–water partition coefficient (Wildman–Crippen LogP) is 3.24. The lowest BCUT2D eigenvalue weighted by molar-refractivity contribution is -0.120. The minimum Gasteiger partial charge on any atom is -0.293 e. The highest BCUT2D eigenvalue weighted by atomic mass is 35.5. The van der Waals surface area contributed by atoms with Gasteiger partial charge in [0.05, 0.1) is 6.04 Å². The molecule has 0 unspecified atom stereocenters. The zero-order chi connectivity index (χ0) is 16.1. The number of rotatable bonds is 5. The molecule has 0 spiro atoms. The standard InChI is InChI=1S/C15H16Cl2N4O/c1-10(14(22)20-15-18-4-3-5-19-15)21(2)9-11-6-12(16)8-13(17)7-11/h3-8,10H,9H2,1-2H3,(H,18,19,20,22)/t10-/m1/s1. The SMILES string of the molecule is C[C@H](C(=O)Nc1ncccn1)N(C)Cc1cc(Cl)cc(Cl)c1. The van der Waals surface area contributed by atoms with Gasteiger partial charge in [-0.3, -0.25) is 15.0 Å². The van der Waals surface area contributed by atoms with E-state index in [4.69, 9.17) is 23.2 Å². The molecule has 0 aliphatic heterocycles. The third kappa shape index (κ3) is 4.66. The fourth-order valence-corrected chi connectivity index (χ4v) is 2.48. The molecule has 1 atom stereocenters. The summed E-state index contributed by atoms with van der Waals surface area (Å²) in [4.78, 5) is 22.0. The van der Waals surface area contributed by atoms with Crippen LogP contribution in [0, 0.1) is 0 Å². The Morgan fingerprint density at radius 2 is 1.82 bits per heavy atom. The topological polar surface area (TPSA) is 58.1 Å². The Hall–Kier alpha value is -1.69. The van der Waals surface area contributed by atoms with Crippen LogP contribution in [0.25, 0.3) is 0 Å². The first-order valence-electron chi connectivity index (χ1n) is 6.69. The number of carbonyl (C=O) groups is 1. The van der Waals surface area contributed by atoms with Crippen LogP contribution in [0.5, 0.6) is 0 Å². The van der Waals surface area contributed by atoms with Crippen LogP contribution >= 0.6 is 23.2 Å². The van der Waals surface area contributed by atoms with E-state index in [0.29, 0.717) is 22.5 Å². The summed E-state index contributed by atoms with van der Waals surface area (Å²) >= 11 is 12.0. The molecule has 1 N–H and O–H groups in total. The number of nitrogens with one attached hydrogen (secondary N) is 1. The number of halogens is 2. The van der Waals surface area contributed by atoms with Gasteiger partial charge in [-0.05, 0) is 43.8 Å². The summed E-state index contributed by atoms with van der Waals surface area (Å²) in [5.74, 6) is 0.111. The van der Waals surface area contributed by atoms with Gasteiger partial charge in [0.15, 0.2) is 0 Å². The van der Waals surface area contributed by atoms with Crippen molar-refractivity contribution in [1.82, 2.24) is 14.9 Å². The molecule has 1 heterocycles. The van der Waals surface area contributed by atoms with Crippen LogP contribution < -0.4 is 5.32 Å². The molecule has 2 rings (SSSR count). The second kappa shape index (κ2) is 7.54. The summed E-state index contributed by atoms with van der Waals surface area (Å²) in [7, 11) is 1.85. The van der Waals surface area contributed by atoms with E-state index in [1.165, 1.54) is 0 Å². The van der Waals surface area contributed by atoms with Crippen molar-refractivity contribution in [3.8, 4) is 0 Å². The van der Waals surface area contributed by atoms with Crippen LogP contribution in [0.2, 0.25) is 10.0 Å². The number of hydrogen-bond donors (Lipinski definition) is 1. The first kappa shape index (κ1) is 16.7. The van der Waals surface area contributed by atoms with Crippen molar-refractivity contribution < 1.29 is 4.79 Å². The van der Waals surface area contributed by atoms with Crippen molar-refractivity contribution in [2.75, 3.05) is 12.4 Å². The van der Waals surface area contributed by atoms with Gasteiger partial charge in [0, 0.05) is 29.0 Å². The summed E-state index contributed by atoms with van der Waals surface area (Å²) in [6.45, 7) is 2.36. The second-order valence-electron chi connectivity index (χ2n) is 4.93. The summed E-state index contributed by atoms with van der Waals surface area (Å²) in [6.07, 6.45) is 3.15. The maximum atomic E-state index is 12.2. The first-order chi connectivity index (χ1) is 10.5. The van der Waals surface area contributed by atoms with Gasteiger partial charge >= 0.3 is 0 Å². The number of carbonyl (C=O) groups excluding carboxylic acids is 1. The van der Waals surface area contributed by atoms with Gasteiger partial charge < -0.3 is 0 Å². The van der Waals surface area contributed by atoms with Crippen LogP contribution in [0.3, 0.4) is 0 Å². The number of nitrogens with zero attached hydrogens (tertiary/aromatic N) is 3.